The van der Waals surface area contributed by atoms with Crippen molar-refractivity contribution in [2.24, 2.45) is 5.10 Å². The van der Waals surface area contributed by atoms with Gasteiger partial charge in [-0.1, -0.05) is 80.7 Å². The summed E-state index contributed by atoms with van der Waals surface area (Å²) in [5.74, 6) is -0.0407. The van der Waals surface area contributed by atoms with Crippen molar-refractivity contribution in [3.63, 3.8) is 0 Å². The molecule has 6 nitrogen and oxygen atoms in total. The van der Waals surface area contributed by atoms with Crippen LogP contribution in [0, 0.1) is 0 Å². The van der Waals surface area contributed by atoms with Gasteiger partial charge >= 0.3 is 0 Å². The van der Waals surface area contributed by atoms with Gasteiger partial charge in [-0.25, -0.2) is 5.01 Å². The van der Waals surface area contributed by atoms with Gasteiger partial charge in [0.15, 0.2) is 0 Å². The summed E-state index contributed by atoms with van der Waals surface area (Å²) >= 11 is 7.12. The molecule has 0 bridgehead atoms. The van der Waals surface area contributed by atoms with E-state index in [1.807, 2.05) is 72.8 Å². The van der Waals surface area contributed by atoms with Gasteiger partial charge in [-0.15, -0.1) is 0 Å². The van der Waals surface area contributed by atoms with Crippen molar-refractivity contribution in [1.82, 2.24) is 14.9 Å². The number of hydrogen-bond acceptors (Lipinski definition) is 4. The number of piperidine rings is 1. The number of nitrogens with one attached hydrogen (secondary N) is 1. The topological polar surface area (TPSA) is 68.8 Å². The number of carbonyl (C=O) groups is 1. The summed E-state index contributed by atoms with van der Waals surface area (Å²) in [7, 11) is 0. The highest BCUT2D eigenvalue weighted by Gasteiger charge is 2.36. The van der Waals surface area contributed by atoms with Crippen LogP contribution in [0.4, 0.5) is 0 Å². The van der Waals surface area contributed by atoms with Crippen LogP contribution in [-0.2, 0) is 4.79 Å². The first-order valence-corrected chi connectivity index (χ1v) is 14.9. The van der Waals surface area contributed by atoms with E-state index in [1.165, 1.54) is 6.42 Å². The maximum absolute atomic E-state index is 13.7. The zero-order chi connectivity index (χ0) is 26.9. The summed E-state index contributed by atoms with van der Waals surface area (Å²) in [6.07, 6.45) is 3.89. The van der Waals surface area contributed by atoms with Crippen LogP contribution in [0.5, 0.6) is 0 Å². The van der Waals surface area contributed by atoms with Gasteiger partial charge in [-0.3, -0.25) is 14.5 Å². The van der Waals surface area contributed by atoms with E-state index < -0.39 is 0 Å². The molecule has 3 heterocycles. The van der Waals surface area contributed by atoms with Gasteiger partial charge < -0.3 is 4.98 Å². The number of carbonyl (C=O) groups excluding carboxylic acids is 1. The molecule has 0 spiro atoms. The van der Waals surface area contributed by atoms with Gasteiger partial charge in [-0.05, 0) is 67.4 Å². The number of amides is 1. The Bertz CT molecular complexity index is 1610. The number of likely N-dealkylation sites (tertiary alicyclic amines) is 1. The molecule has 2 aliphatic heterocycles. The Balaban J connectivity index is 1.49. The van der Waals surface area contributed by atoms with E-state index >= 15 is 0 Å². The quantitative estimate of drug-likeness (QED) is 0.257. The second kappa shape index (κ2) is 11.2. The van der Waals surface area contributed by atoms with E-state index in [0.717, 1.165) is 62.5 Å². The summed E-state index contributed by atoms with van der Waals surface area (Å²) in [4.78, 5) is 32.7. The molecule has 3 aromatic carbocycles. The first-order valence-electron chi connectivity index (χ1n) is 13.3. The molecule has 2 aliphatic rings. The largest absolute Gasteiger partial charge is 0.321 e. The number of aromatic nitrogens is 1. The van der Waals surface area contributed by atoms with Crippen LogP contribution in [0.25, 0.3) is 22.0 Å². The highest BCUT2D eigenvalue weighted by atomic mass is 79.9. The number of nitrogens with zero attached hydrogens (tertiary/aromatic N) is 3. The van der Waals surface area contributed by atoms with Crippen molar-refractivity contribution in [2.75, 3.05) is 19.6 Å². The highest BCUT2D eigenvalue weighted by molar-refractivity contribution is 9.10. The molecular weight excluding hydrogens is 620 g/mol. The van der Waals surface area contributed by atoms with Crippen molar-refractivity contribution in [2.45, 2.75) is 31.7 Å². The van der Waals surface area contributed by atoms with Crippen molar-refractivity contribution < 1.29 is 4.79 Å². The Labute approximate surface area is 244 Å². The summed E-state index contributed by atoms with van der Waals surface area (Å²) in [6, 6.07) is 23.5. The van der Waals surface area contributed by atoms with Crippen LogP contribution in [0.15, 0.2) is 91.6 Å². The number of benzene rings is 3. The van der Waals surface area contributed by atoms with Crippen LogP contribution < -0.4 is 5.56 Å². The maximum Gasteiger partial charge on any atom is 0.258 e. The normalized spacial score (nSPS) is 17.9. The third kappa shape index (κ3) is 5.38. The number of hydrazone groups is 1. The minimum absolute atomic E-state index is 0.0407. The fourth-order valence-electron chi connectivity index (χ4n) is 5.66. The van der Waals surface area contributed by atoms with Crippen LogP contribution >= 0.6 is 31.9 Å². The molecule has 0 unspecified atom stereocenters. The number of hydrogen-bond donors (Lipinski definition) is 1. The summed E-state index contributed by atoms with van der Waals surface area (Å²) in [5.41, 5.74) is 4.44. The predicted molar refractivity (Wildman–Crippen MR) is 163 cm³/mol. The number of fused-ring (bicyclic) bond motifs is 1. The van der Waals surface area contributed by atoms with Crippen molar-refractivity contribution in [3.05, 3.63) is 103 Å². The Kier molecular flexibility index (Phi) is 7.51. The van der Waals surface area contributed by atoms with Crippen molar-refractivity contribution >= 4 is 54.4 Å². The Morgan fingerprint density at radius 1 is 0.897 bits per heavy atom. The van der Waals surface area contributed by atoms with E-state index in [0.29, 0.717) is 24.2 Å². The standard InChI is InChI=1S/C31H28Br2N4O2/c32-22-11-9-20(10-12-22)27-18-26(35-37(27)28(38)19-36-15-5-2-6-16-36)30-29(21-7-3-1-4-8-21)24-17-23(33)13-14-25(24)34-31(30)39/h1,3-4,7-14,17,27H,2,5-6,15-16,18-19H2,(H,34,39)/t27-/m0/s1. The lowest BCUT2D eigenvalue weighted by Gasteiger charge is -2.29. The molecule has 0 aliphatic carbocycles. The number of halogens is 2. The molecule has 1 N–H and O–H groups in total. The van der Waals surface area contributed by atoms with Crippen LogP contribution in [0.2, 0.25) is 0 Å². The monoisotopic (exact) mass is 646 g/mol. The van der Waals surface area contributed by atoms with Gasteiger partial charge in [0.2, 0.25) is 0 Å². The molecule has 1 saturated heterocycles. The molecule has 1 atom stereocenters. The molecule has 39 heavy (non-hydrogen) atoms. The Morgan fingerprint density at radius 3 is 2.36 bits per heavy atom. The van der Waals surface area contributed by atoms with Gasteiger partial charge in [-0.2, -0.15) is 5.10 Å². The minimum Gasteiger partial charge on any atom is -0.321 e. The van der Waals surface area contributed by atoms with E-state index in [-0.39, 0.29) is 17.5 Å². The number of H-pyrrole nitrogens is 1. The molecule has 6 rings (SSSR count). The Morgan fingerprint density at radius 2 is 1.62 bits per heavy atom. The van der Waals surface area contributed by atoms with Crippen LogP contribution in [0.3, 0.4) is 0 Å². The zero-order valence-electron chi connectivity index (χ0n) is 21.4. The molecule has 1 amide bonds. The van der Waals surface area contributed by atoms with E-state index in [1.54, 1.807) is 5.01 Å². The number of aromatic amines is 1. The number of pyridine rings is 1. The molecule has 8 heteroatoms. The SMILES string of the molecule is O=C(CN1CCCCC1)N1N=C(c2c(-c3ccccc3)c3cc(Br)ccc3[nH]c2=O)C[C@H]1c1ccc(Br)cc1. The average Bonchev–Trinajstić information content (AvgIpc) is 3.39. The predicted octanol–water partition coefficient (Wildman–Crippen LogP) is 6.88. The van der Waals surface area contributed by atoms with Gasteiger partial charge in [0.05, 0.1) is 23.9 Å². The fourth-order valence-corrected chi connectivity index (χ4v) is 6.29. The van der Waals surface area contributed by atoms with Gasteiger partial charge in [0.25, 0.3) is 11.5 Å². The van der Waals surface area contributed by atoms with Crippen molar-refractivity contribution in [1.29, 1.82) is 0 Å². The maximum atomic E-state index is 13.7. The molecule has 1 aromatic heterocycles. The third-order valence-corrected chi connectivity index (χ3v) is 8.58. The van der Waals surface area contributed by atoms with Gasteiger partial charge in [0, 0.05) is 31.8 Å². The minimum atomic E-state index is -0.286. The summed E-state index contributed by atoms with van der Waals surface area (Å²) < 4.78 is 1.89. The average molecular weight is 648 g/mol. The van der Waals surface area contributed by atoms with E-state index in [2.05, 4.69) is 41.7 Å². The first kappa shape index (κ1) is 26.2. The van der Waals surface area contributed by atoms with Crippen LogP contribution in [-0.4, -0.2) is 46.1 Å². The molecule has 198 valence electrons. The lowest BCUT2D eigenvalue weighted by Crippen LogP contribution is -2.40. The fraction of sp³-hybridized carbons (Fsp3) is 0.258. The molecule has 4 aromatic rings. The zero-order valence-corrected chi connectivity index (χ0v) is 24.5. The lowest BCUT2D eigenvalue weighted by molar-refractivity contribution is -0.134. The molecule has 0 saturated carbocycles. The van der Waals surface area contributed by atoms with Gasteiger partial charge in [0.1, 0.15) is 0 Å². The van der Waals surface area contributed by atoms with Crippen molar-refractivity contribution in [3.8, 4) is 11.1 Å². The van der Waals surface area contributed by atoms with E-state index in [9.17, 15) is 9.59 Å². The second-order valence-electron chi connectivity index (χ2n) is 10.2. The highest BCUT2D eigenvalue weighted by Crippen LogP contribution is 2.38. The van der Waals surface area contributed by atoms with E-state index in [4.69, 9.17) is 5.10 Å². The Hall–Kier alpha value is -3.07. The number of rotatable bonds is 5. The molecule has 1 fully saturated rings. The lowest BCUT2D eigenvalue weighted by atomic mass is 9.91. The summed E-state index contributed by atoms with van der Waals surface area (Å²) in [5, 5.41) is 7.45. The molecular formula is C31H28Br2N4O2. The van der Waals surface area contributed by atoms with Crippen LogP contribution in [0.1, 0.15) is 42.9 Å². The summed E-state index contributed by atoms with van der Waals surface area (Å²) in [6.45, 7) is 2.18. The first-order chi connectivity index (χ1) is 19.0. The smallest absolute Gasteiger partial charge is 0.258 e. The third-order valence-electron chi connectivity index (χ3n) is 7.56. The molecule has 0 radical (unpaired) electrons. The second-order valence-corrected chi connectivity index (χ2v) is 12.0.